The standard InChI is InChI=1S/C16H28O2/c1-11-5-6-14-15(2,3)9-12(18)10-16(14,4)13(11)7-8-17/h5,12-14,17-18H,6-10H2,1-4H3. The van der Waals surface area contributed by atoms with Gasteiger partial charge in [0.15, 0.2) is 0 Å². The molecule has 0 aliphatic heterocycles. The fourth-order valence-corrected chi connectivity index (χ4v) is 4.99. The summed E-state index contributed by atoms with van der Waals surface area (Å²) in [5.41, 5.74) is 1.74. The van der Waals surface area contributed by atoms with E-state index in [2.05, 4.69) is 33.8 Å². The van der Waals surface area contributed by atoms with Gasteiger partial charge in [-0.15, -0.1) is 0 Å². The van der Waals surface area contributed by atoms with E-state index in [4.69, 9.17) is 0 Å². The molecule has 2 rings (SSSR count). The van der Waals surface area contributed by atoms with Crippen LogP contribution in [0.25, 0.3) is 0 Å². The van der Waals surface area contributed by atoms with Crippen LogP contribution in [0.4, 0.5) is 0 Å². The summed E-state index contributed by atoms with van der Waals surface area (Å²) in [6.45, 7) is 9.36. The summed E-state index contributed by atoms with van der Waals surface area (Å²) < 4.78 is 0. The average molecular weight is 252 g/mol. The Kier molecular flexibility index (Phi) is 3.63. The molecule has 0 spiro atoms. The number of rotatable bonds is 2. The van der Waals surface area contributed by atoms with Crippen molar-refractivity contribution in [3.8, 4) is 0 Å². The number of hydrogen-bond donors (Lipinski definition) is 2. The highest BCUT2D eigenvalue weighted by Gasteiger charge is 2.53. The van der Waals surface area contributed by atoms with Gasteiger partial charge >= 0.3 is 0 Å². The third kappa shape index (κ3) is 2.14. The molecule has 0 amide bonds. The molecule has 0 aromatic rings. The van der Waals surface area contributed by atoms with Crippen LogP contribution in [-0.4, -0.2) is 22.9 Å². The van der Waals surface area contributed by atoms with E-state index >= 15 is 0 Å². The topological polar surface area (TPSA) is 40.5 Å². The molecule has 2 aliphatic carbocycles. The predicted molar refractivity (Wildman–Crippen MR) is 74.2 cm³/mol. The second kappa shape index (κ2) is 4.64. The van der Waals surface area contributed by atoms with E-state index in [1.54, 1.807) is 0 Å². The summed E-state index contributed by atoms with van der Waals surface area (Å²) in [6, 6.07) is 0. The molecule has 2 nitrogen and oxygen atoms in total. The molecule has 2 aliphatic rings. The van der Waals surface area contributed by atoms with E-state index in [0.717, 1.165) is 25.7 Å². The van der Waals surface area contributed by atoms with Gasteiger partial charge in [0.1, 0.15) is 0 Å². The maximum absolute atomic E-state index is 10.2. The largest absolute Gasteiger partial charge is 0.396 e. The van der Waals surface area contributed by atoms with Crippen molar-refractivity contribution in [2.24, 2.45) is 22.7 Å². The van der Waals surface area contributed by atoms with Crippen molar-refractivity contribution < 1.29 is 10.2 Å². The van der Waals surface area contributed by atoms with Crippen molar-refractivity contribution in [1.82, 2.24) is 0 Å². The van der Waals surface area contributed by atoms with Crippen molar-refractivity contribution in [1.29, 1.82) is 0 Å². The molecule has 4 atom stereocenters. The third-order valence-electron chi connectivity index (χ3n) is 5.62. The quantitative estimate of drug-likeness (QED) is 0.741. The smallest absolute Gasteiger partial charge is 0.0551 e. The van der Waals surface area contributed by atoms with Crippen molar-refractivity contribution in [3.63, 3.8) is 0 Å². The Balaban J connectivity index is 2.39. The Bertz CT molecular complexity index is 345. The summed E-state index contributed by atoms with van der Waals surface area (Å²) in [7, 11) is 0. The van der Waals surface area contributed by atoms with E-state index in [-0.39, 0.29) is 23.5 Å². The Morgan fingerprint density at radius 2 is 1.94 bits per heavy atom. The van der Waals surface area contributed by atoms with Gasteiger partial charge in [0.05, 0.1) is 6.10 Å². The summed E-state index contributed by atoms with van der Waals surface area (Å²) in [6.07, 6.45) is 5.94. The van der Waals surface area contributed by atoms with Crippen LogP contribution in [0.5, 0.6) is 0 Å². The van der Waals surface area contributed by atoms with Gasteiger partial charge in [-0.25, -0.2) is 0 Å². The summed E-state index contributed by atoms with van der Waals surface area (Å²) in [5.74, 6) is 1.05. The summed E-state index contributed by atoms with van der Waals surface area (Å²) in [4.78, 5) is 0. The van der Waals surface area contributed by atoms with Gasteiger partial charge in [-0.1, -0.05) is 32.4 Å². The first-order chi connectivity index (χ1) is 8.31. The Morgan fingerprint density at radius 3 is 2.56 bits per heavy atom. The lowest BCUT2D eigenvalue weighted by Gasteiger charge is -2.58. The molecule has 104 valence electrons. The first kappa shape index (κ1) is 14.1. The minimum atomic E-state index is -0.187. The van der Waals surface area contributed by atoms with E-state index in [9.17, 15) is 10.2 Å². The van der Waals surface area contributed by atoms with Crippen LogP contribution in [0.1, 0.15) is 53.4 Å². The van der Waals surface area contributed by atoms with Gasteiger partial charge in [0, 0.05) is 6.61 Å². The van der Waals surface area contributed by atoms with Crippen LogP contribution in [-0.2, 0) is 0 Å². The number of allylic oxidation sites excluding steroid dienone is 2. The molecular formula is C16H28O2. The van der Waals surface area contributed by atoms with E-state index in [1.807, 2.05) is 0 Å². The second-order valence-corrected chi connectivity index (χ2v) is 7.36. The van der Waals surface area contributed by atoms with Gasteiger partial charge in [0.2, 0.25) is 0 Å². The maximum atomic E-state index is 10.2. The fraction of sp³-hybridized carbons (Fsp3) is 0.875. The van der Waals surface area contributed by atoms with Crippen LogP contribution < -0.4 is 0 Å². The lowest BCUT2D eigenvalue weighted by atomic mass is 9.48. The monoisotopic (exact) mass is 252 g/mol. The van der Waals surface area contributed by atoms with E-state index in [1.165, 1.54) is 5.57 Å². The molecule has 0 aromatic carbocycles. The van der Waals surface area contributed by atoms with Crippen molar-refractivity contribution in [2.45, 2.75) is 59.5 Å². The lowest BCUT2D eigenvalue weighted by molar-refractivity contribution is -0.0971. The molecule has 0 heterocycles. The maximum Gasteiger partial charge on any atom is 0.0551 e. The molecule has 0 radical (unpaired) electrons. The van der Waals surface area contributed by atoms with Crippen LogP contribution in [0, 0.1) is 22.7 Å². The second-order valence-electron chi connectivity index (χ2n) is 7.36. The number of hydrogen-bond acceptors (Lipinski definition) is 2. The van der Waals surface area contributed by atoms with E-state index in [0.29, 0.717) is 11.8 Å². The molecule has 0 saturated heterocycles. The van der Waals surface area contributed by atoms with Crippen LogP contribution >= 0.6 is 0 Å². The van der Waals surface area contributed by atoms with Crippen LogP contribution in [0.15, 0.2) is 11.6 Å². The van der Waals surface area contributed by atoms with Gasteiger partial charge in [-0.05, 0) is 55.3 Å². The number of aliphatic hydroxyl groups excluding tert-OH is 2. The first-order valence-electron chi connectivity index (χ1n) is 7.27. The predicted octanol–water partition coefficient (Wildman–Crippen LogP) is 3.14. The SMILES string of the molecule is CC1=CCC2C(C)(C)CC(O)CC2(C)C1CCO. The highest BCUT2D eigenvalue weighted by Crippen LogP contribution is 2.60. The number of aliphatic hydroxyl groups is 2. The Hall–Kier alpha value is -0.340. The fourth-order valence-electron chi connectivity index (χ4n) is 4.99. The molecule has 4 unspecified atom stereocenters. The summed E-state index contributed by atoms with van der Waals surface area (Å²) >= 11 is 0. The van der Waals surface area contributed by atoms with Crippen molar-refractivity contribution in [3.05, 3.63) is 11.6 Å². The van der Waals surface area contributed by atoms with E-state index < -0.39 is 0 Å². The highest BCUT2D eigenvalue weighted by molar-refractivity contribution is 5.18. The highest BCUT2D eigenvalue weighted by atomic mass is 16.3. The molecule has 1 fully saturated rings. The number of fused-ring (bicyclic) bond motifs is 1. The molecule has 18 heavy (non-hydrogen) atoms. The molecule has 2 N–H and O–H groups in total. The zero-order valence-electron chi connectivity index (χ0n) is 12.2. The molecule has 2 heteroatoms. The van der Waals surface area contributed by atoms with Crippen LogP contribution in [0.2, 0.25) is 0 Å². The average Bonchev–Trinajstić information content (AvgIpc) is 2.21. The lowest BCUT2D eigenvalue weighted by Crippen LogP contribution is -2.52. The normalized spacial score (nSPS) is 43.2. The minimum Gasteiger partial charge on any atom is -0.396 e. The van der Waals surface area contributed by atoms with Crippen molar-refractivity contribution in [2.75, 3.05) is 6.61 Å². The van der Waals surface area contributed by atoms with Crippen molar-refractivity contribution >= 4 is 0 Å². The van der Waals surface area contributed by atoms with Gasteiger partial charge in [-0.2, -0.15) is 0 Å². The summed E-state index contributed by atoms with van der Waals surface area (Å²) in [5, 5.41) is 19.6. The molecule has 0 aromatic heterocycles. The molecular weight excluding hydrogens is 224 g/mol. The third-order valence-corrected chi connectivity index (χ3v) is 5.62. The Labute approximate surface area is 111 Å². The minimum absolute atomic E-state index is 0.142. The van der Waals surface area contributed by atoms with Crippen LogP contribution in [0.3, 0.4) is 0 Å². The zero-order chi connectivity index (χ0) is 13.6. The molecule has 1 saturated carbocycles. The van der Waals surface area contributed by atoms with Gasteiger partial charge in [0.25, 0.3) is 0 Å². The van der Waals surface area contributed by atoms with Gasteiger partial charge < -0.3 is 10.2 Å². The first-order valence-corrected chi connectivity index (χ1v) is 7.27. The molecule has 0 bridgehead atoms. The zero-order valence-corrected chi connectivity index (χ0v) is 12.2. The Morgan fingerprint density at radius 1 is 1.28 bits per heavy atom. The van der Waals surface area contributed by atoms with Gasteiger partial charge in [-0.3, -0.25) is 0 Å².